The number of rotatable bonds is 3. The van der Waals surface area contributed by atoms with Gasteiger partial charge in [-0.15, -0.1) is 0 Å². The Kier molecular flexibility index (Phi) is 1.95. The van der Waals surface area contributed by atoms with Crippen LogP contribution in [0.2, 0.25) is 0 Å². The summed E-state index contributed by atoms with van der Waals surface area (Å²) in [4.78, 5) is 21.8. The monoisotopic (exact) mass is 195 g/mol. The maximum Gasteiger partial charge on any atom is 0.353 e. The molecule has 1 aliphatic rings. The maximum atomic E-state index is 11.3. The molecule has 0 radical (unpaired) electrons. The molecule has 6 nitrogen and oxygen atoms in total. The van der Waals surface area contributed by atoms with Crippen molar-refractivity contribution in [3.05, 3.63) is 17.5 Å². The van der Waals surface area contributed by atoms with Crippen LogP contribution in [0.1, 0.15) is 33.8 Å². The molecule has 0 spiro atoms. The highest BCUT2D eigenvalue weighted by molar-refractivity contribution is 5.95. The summed E-state index contributed by atoms with van der Waals surface area (Å²) >= 11 is 0. The zero-order chi connectivity index (χ0) is 10.1. The second-order valence-corrected chi connectivity index (χ2v) is 3.22. The first-order chi connectivity index (χ1) is 6.66. The zero-order valence-electron chi connectivity index (χ0n) is 7.28. The molecular weight excluding hydrogens is 186 g/mol. The van der Waals surface area contributed by atoms with Crippen LogP contribution in [-0.2, 0) is 0 Å². The van der Waals surface area contributed by atoms with Gasteiger partial charge < -0.3 is 10.4 Å². The minimum absolute atomic E-state index is 0.0778. The molecule has 0 unspecified atom stereocenters. The average Bonchev–Trinajstić information content (AvgIpc) is 2.81. The predicted molar refractivity (Wildman–Crippen MR) is 46.0 cm³/mol. The fourth-order valence-electron chi connectivity index (χ4n) is 1.03. The second kappa shape index (κ2) is 3.13. The maximum absolute atomic E-state index is 11.3. The van der Waals surface area contributed by atoms with E-state index in [2.05, 4.69) is 15.5 Å². The smallest absolute Gasteiger partial charge is 0.353 e. The molecule has 1 aliphatic carbocycles. The molecule has 74 valence electrons. The lowest BCUT2D eigenvalue weighted by Crippen LogP contribution is -2.25. The van der Waals surface area contributed by atoms with E-state index in [1.54, 1.807) is 0 Å². The van der Waals surface area contributed by atoms with Crippen molar-refractivity contribution in [2.75, 3.05) is 0 Å². The first-order valence-corrected chi connectivity index (χ1v) is 4.26. The van der Waals surface area contributed by atoms with Crippen LogP contribution in [0.5, 0.6) is 0 Å². The van der Waals surface area contributed by atoms with Gasteiger partial charge in [-0.05, 0) is 12.8 Å². The minimum atomic E-state index is -1.12. The number of aromatic carboxylic acids is 1. The van der Waals surface area contributed by atoms with Crippen LogP contribution in [0.4, 0.5) is 0 Å². The van der Waals surface area contributed by atoms with E-state index in [1.807, 2.05) is 0 Å². The van der Waals surface area contributed by atoms with Crippen molar-refractivity contribution < 1.29 is 14.7 Å². The molecule has 1 heterocycles. The van der Waals surface area contributed by atoms with Gasteiger partial charge in [-0.25, -0.2) is 4.79 Å². The third-order valence-electron chi connectivity index (χ3n) is 1.95. The lowest BCUT2D eigenvalue weighted by Gasteiger charge is -1.97. The summed E-state index contributed by atoms with van der Waals surface area (Å²) < 4.78 is 0. The number of nitrogens with zero attached hydrogens (tertiary/aromatic N) is 1. The molecule has 2 rings (SSSR count). The minimum Gasteiger partial charge on any atom is -0.477 e. The van der Waals surface area contributed by atoms with Crippen LogP contribution < -0.4 is 5.32 Å². The Labute approximate surface area is 79.3 Å². The Hall–Kier alpha value is -1.85. The van der Waals surface area contributed by atoms with Gasteiger partial charge in [0, 0.05) is 12.1 Å². The van der Waals surface area contributed by atoms with Crippen molar-refractivity contribution in [1.29, 1.82) is 0 Å². The number of carbonyl (C=O) groups excluding carboxylic acids is 1. The number of hydrogen-bond acceptors (Lipinski definition) is 3. The van der Waals surface area contributed by atoms with Gasteiger partial charge in [0.15, 0.2) is 5.69 Å². The SMILES string of the molecule is O=C(NC1CC1)c1cc(C(=O)O)[nH]n1. The summed E-state index contributed by atoms with van der Waals surface area (Å²) in [5, 5.41) is 17.1. The summed E-state index contributed by atoms with van der Waals surface area (Å²) in [7, 11) is 0. The Morgan fingerprint density at radius 3 is 2.79 bits per heavy atom. The molecule has 0 bridgehead atoms. The Morgan fingerprint density at radius 1 is 1.57 bits per heavy atom. The van der Waals surface area contributed by atoms with Crippen LogP contribution in [0.3, 0.4) is 0 Å². The lowest BCUT2D eigenvalue weighted by atomic mass is 10.3. The molecule has 0 atom stereocenters. The van der Waals surface area contributed by atoms with Gasteiger partial charge in [-0.2, -0.15) is 5.10 Å². The van der Waals surface area contributed by atoms with E-state index in [-0.39, 0.29) is 23.3 Å². The zero-order valence-corrected chi connectivity index (χ0v) is 7.28. The molecule has 1 saturated carbocycles. The van der Waals surface area contributed by atoms with Gasteiger partial charge in [-0.1, -0.05) is 0 Å². The van der Waals surface area contributed by atoms with Crippen LogP contribution >= 0.6 is 0 Å². The molecule has 0 aromatic carbocycles. The largest absolute Gasteiger partial charge is 0.477 e. The van der Waals surface area contributed by atoms with Crippen molar-refractivity contribution in [2.45, 2.75) is 18.9 Å². The Balaban J connectivity index is 2.07. The number of carboxylic acids is 1. The molecule has 14 heavy (non-hydrogen) atoms. The summed E-state index contributed by atoms with van der Waals surface area (Å²) in [5.74, 6) is -1.45. The Bertz CT molecular complexity index is 381. The van der Waals surface area contributed by atoms with E-state index in [4.69, 9.17) is 5.11 Å². The predicted octanol–water partition coefficient (Wildman–Crippen LogP) is 0.0001000. The molecule has 1 fully saturated rings. The van der Waals surface area contributed by atoms with Crippen LogP contribution in [0.25, 0.3) is 0 Å². The number of nitrogens with one attached hydrogen (secondary N) is 2. The number of H-pyrrole nitrogens is 1. The standard InChI is InChI=1S/C8H9N3O3/c12-7(9-4-1-2-4)5-3-6(8(13)14)11-10-5/h3-4H,1-2H2,(H,9,12)(H,10,11)(H,13,14). The summed E-state index contributed by atoms with van der Waals surface area (Å²) in [5.41, 5.74) is 0.0419. The van der Waals surface area contributed by atoms with E-state index < -0.39 is 5.97 Å². The number of aromatic nitrogens is 2. The normalized spacial score (nSPS) is 15.1. The van der Waals surface area contributed by atoms with Crippen molar-refractivity contribution >= 4 is 11.9 Å². The quantitative estimate of drug-likeness (QED) is 0.632. The number of carbonyl (C=O) groups is 2. The molecule has 3 N–H and O–H groups in total. The highest BCUT2D eigenvalue weighted by atomic mass is 16.4. The van der Waals surface area contributed by atoms with E-state index in [1.165, 1.54) is 6.07 Å². The molecule has 1 amide bonds. The third kappa shape index (κ3) is 1.73. The van der Waals surface area contributed by atoms with Gasteiger partial charge >= 0.3 is 5.97 Å². The van der Waals surface area contributed by atoms with Gasteiger partial charge in [0.25, 0.3) is 5.91 Å². The van der Waals surface area contributed by atoms with Gasteiger partial charge in [-0.3, -0.25) is 9.89 Å². The first kappa shape index (κ1) is 8.74. The highest BCUT2D eigenvalue weighted by Crippen LogP contribution is 2.19. The van der Waals surface area contributed by atoms with Crippen LogP contribution in [-0.4, -0.2) is 33.2 Å². The summed E-state index contributed by atoms with van der Waals surface area (Å²) in [6.07, 6.45) is 1.98. The summed E-state index contributed by atoms with van der Waals surface area (Å²) in [6.45, 7) is 0. The molecule has 0 aliphatic heterocycles. The van der Waals surface area contributed by atoms with Crippen LogP contribution in [0.15, 0.2) is 6.07 Å². The van der Waals surface area contributed by atoms with E-state index >= 15 is 0 Å². The highest BCUT2D eigenvalue weighted by Gasteiger charge is 2.25. The van der Waals surface area contributed by atoms with Crippen molar-refractivity contribution in [1.82, 2.24) is 15.5 Å². The van der Waals surface area contributed by atoms with Crippen molar-refractivity contribution in [3.63, 3.8) is 0 Å². The van der Waals surface area contributed by atoms with Gasteiger partial charge in [0.1, 0.15) is 5.69 Å². The number of aromatic amines is 1. The fourth-order valence-corrected chi connectivity index (χ4v) is 1.03. The van der Waals surface area contributed by atoms with Gasteiger partial charge in [0.2, 0.25) is 0 Å². The second-order valence-electron chi connectivity index (χ2n) is 3.22. The fraction of sp³-hybridized carbons (Fsp3) is 0.375. The topological polar surface area (TPSA) is 95.1 Å². The van der Waals surface area contributed by atoms with E-state index in [0.717, 1.165) is 12.8 Å². The molecule has 1 aromatic heterocycles. The number of hydrogen-bond donors (Lipinski definition) is 3. The first-order valence-electron chi connectivity index (χ1n) is 4.26. The molecule has 0 saturated heterocycles. The lowest BCUT2D eigenvalue weighted by molar-refractivity contribution is 0.0690. The Morgan fingerprint density at radius 2 is 2.29 bits per heavy atom. The van der Waals surface area contributed by atoms with E-state index in [9.17, 15) is 9.59 Å². The molecule has 1 aromatic rings. The van der Waals surface area contributed by atoms with Crippen LogP contribution in [0, 0.1) is 0 Å². The van der Waals surface area contributed by atoms with Gasteiger partial charge in [0.05, 0.1) is 0 Å². The molecule has 6 heteroatoms. The molecular formula is C8H9N3O3. The average molecular weight is 195 g/mol. The third-order valence-corrected chi connectivity index (χ3v) is 1.95. The number of amides is 1. The summed E-state index contributed by atoms with van der Waals surface area (Å²) in [6, 6.07) is 1.47. The van der Waals surface area contributed by atoms with Crippen molar-refractivity contribution in [3.8, 4) is 0 Å². The van der Waals surface area contributed by atoms with Crippen molar-refractivity contribution in [2.24, 2.45) is 0 Å². The number of carboxylic acid groups (broad SMARTS) is 1. The van der Waals surface area contributed by atoms with E-state index in [0.29, 0.717) is 0 Å².